The number of aryl methyl sites for hydroxylation is 1. The minimum absolute atomic E-state index is 0.0503. The van der Waals surface area contributed by atoms with Crippen molar-refractivity contribution in [2.75, 3.05) is 44.7 Å². The van der Waals surface area contributed by atoms with E-state index in [1.54, 1.807) is 11.9 Å². The zero-order valence-corrected chi connectivity index (χ0v) is 16.6. The fraction of sp³-hybridized carbons (Fsp3) is 0.429. The van der Waals surface area contributed by atoms with Crippen LogP contribution in [0.2, 0.25) is 0 Å². The molecule has 156 valence electrons. The maximum absolute atomic E-state index is 12.7. The van der Waals surface area contributed by atoms with Crippen LogP contribution in [0, 0.1) is 6.92 Å². The molecule has 1 aliphatic rings. The Morgan fingerprint density at radius 1 is 1.10 bits per heavy atom. The van der Waals surface area contributed by atoms with Crippen LogP contribution in [-0.2, 0) is 17.5 Å². The van der Waals surface area contributed by atoms with Gasteiger partial charge >= 0.3 is 6.18 Å². The summed E-state index contributed by atoms with van der Waals surface area (Å²) in [5.74, 6) is 0.579. The van der Waals surface area contributed by atoms with E-state index in [1.807, 2.05) is 36.1 Å². The van der Waals surface area contributed by atoms with Gasteiger partial charge in [0.15, 0.2) is 0 Å². The first-order chi connectivity index (χ1) is 13.7. The van der Waals surface area contributed by atoms with E-state index in [1.165, 1.54) is 6.07 Å². The van der Waals surface area contributed by atoms with Gasteiger partial charge in [-0.2, -0.15) is 13.2 Å². The molecule has 0 saturated carbocycles. The summed E-state index contributed by atoms with van der Waals surface area (Å²) in [6, 6.07) is 10.5. The van der Waals surface area contributed by atoms with Crippen LogP contribution in [0.5, 0.6) is 0 Å². The second-order valence-corrected chi connectivity index (χ2v) is 7.34. The van der Waals surface area contributed by atoms with E-state index in [2.05, 4.69) is 9.88 Å². The van der Waals surface area contributed by atoms with Gasteiger partial charge in [-0.05, 0) is 30.2 Å². The summed E-state index contributed by atoms with van der Waals surface area (Å²) >= 11 is 0. The lowest BCUT2D eigenvalue weighted by Crippen LogP contribution is -2.49. The molecule has 0 spiro atoms. The van der Waals surface area contributed by atoms with Crippen LogP contribution >= 0.6 is 0 Å². The molecule has 3 rings (SSSR count). The van der Waals surface area contributed by atoms with Gasteiger partial charge in [0, 0.05) is 46.0 Å². The van der Waals surface area contributed by atoms with Crippen LogP contribution in [-0.4, -0.2) is 60.5 Å². The molecule has 1 amide bonds. The Bertz CT molecular complexity index is 831. The molecule has 1 saturated heterocycles. The van der Waals surface area contributed by atoms with E-state index >= 15 is 0 Å². The van der Waals surface area contributed by atoms with E-state index in [0.717, 1.165) is 23.4 Å². The first kappa shape index (κ1) is 21.1. The monoisotopic (exact) mass is 406 g/mol. The Balaban J connectivity index is 1.49. The van der Waals surface area contributed by atoms with Crippen LogP contribution in [0.15, 0.2) is 42.6 Å². The molecule has 1 fully saturated rings. The maximum Gasteiger partial charge on any atom is 0.417 e. The number of benzene rings is 1. The number of anilines is 1. The maximum atomic E-state index is 12.7. The highest BCUT2D eigenvalue weighted by Crippen LogP contribution is 2.29. The zero-order valence-electron chi connectivity index (χ0n) is 16.6. The van der Waals surface area contributed by atoms with Crippen LogP contribution in [0.25, 0.3) is 0 Å². The molecule has 2 aromatic rings. The second kappa shape index (κ2) is 8.82. The molecule has 5 nitrogen and oxygen atoms in total. The molecule has 8 heteroatoms. The largest absolute Gasteiger partial charge is 0.417 e. The van der Waals surface area contributed by atoms with Crippen molar-refractivity contribution < 1.29 is 18.0 Å². The third kappa shape index (κ3) is 5.47. The highest BCUT2D eigenvalue weighted by molar-refractivity contribution is 5.78. The van der Waals surface area contributed by atoms with E-state index in [0.29, 0.717) is 45.1 Å². The summed E-state index contributed by atoms with van der Waals surface area (Å²) < 4.78 is 38.0. The Morgan fingerprint density at radius 2 is 1.79 bits per heavy atom. The smallest absolute Gasteiger partial charge is 0.354 e. The van der Waals surface area contributed by atoms with Gasteiger partial charge in [-0.1, -0.05) is 24.3 Å². The first-order valence-electron chi connectivity index (χ1n) is 9.53. The first-order valence-corrected chi connectivity index (χ1v) is 9.53. The van der Waals surface area contributed by atoms with Crippen molar-refractivity contribution in [3.8, 4) is 0 Å². The third-order valence-electron chi connectivity index (χ3n) is 5.22. The van der Waals surface area contributed by atoms with Crippen molar-refractivity contribution in [3.05, 3.63) is 59.3 Å². The number of rotatable bonds is 5. The normalized spacial score (nSPS) is 15.4. The highest BCUT2D eigenvalue weighted by atomic mass is 19.4. The van der Waals surface area contributed by atoms with Crippen molar-refractivity contribution in [1.82, 2.24) is 14.8 Å². The summed E-state index contributed by atoms with van der Waals surface area (Å²) in [5, 5.41) is 0. The molecule has 1 aliphatic heterocycles. The summed E-state index contributed by atoms with van der Waals surface area (Å²) in [4.78, 5) is 22.2. The zero-order chi connectivity index (χ0) is 21.0. The Hall–Kier alpha value is -2.61. The molecule has 2 heterocycles. The standard InChI is InChI=1S/C21H25F3N4O/c1-16-5-3-4-6-17(16)14-26(2)20(29)15-27-9-11-28(12-10-27)19-8-7-18(13-25-19)21(22,23)24/h3-8,13H,9-12,14-15H2,1-2H3. The van der Waals surface area contributed by atoms with E-state index in [9.17, 15) is 18.0 Å². The van der Waals surface area contributed by atoms with Crippen molar-refractivity contribution in [2.45, 2.75) is 19.6 Å². The van der Waals surface area contributed by atoms with Gasteiger partial charge in [0.25, 0.3) is 0 Å². The summed E-state index contributed by atoms with van der Waals surface area (Å²) in [6.45, 7) is 5.49. The van der Waals surface area contributed by atoms with Gasteiger partial charge in [0.2, 0.25) is 5.91 Å². The number of carbonyl (C=O) groups is 1. The van der Waals surface area contributed by atoms with E-state index in [-0.39, 0.29) is 5.91 Å². The molecule has 0 N–H and O–H groups in total. The van der Waals surface area contributed by atoms with Gasteiger partial charge in [-0.15, -0.1) is 0 Å². The highest BCUT2D eigenvalue weighted by Gasteiger charge is 2.31. The molecule has 0 bridgehead atoms. The number of piperazine rings is 1. The fourth-order valence-electron chi connectivity index (χ4n) is 3.32. The topological polar surface area (TPSA) is 39.7 Å². The molecule has 1 aromatic carbocycles. The molecular formula is C21H25F3N4O. The molecule has 1 aromatic heterocycles. The fourth-order valence-corrected chi connectivity index (χ4v) is 3.32. The third-order valence-corrected chi connectivity index (χ3v) is 5.22. The predicted molar refractivity (Wildman–Crippen MR) is 106 cm³/mol. The van der Waals surface area contributed by atoms with Crippen molar-refractivity contribution in [2.24, 2.45) is 0 Å². The number of alkyl halides is 3. The van der Waals surface area contributed by atoms with Gasteiger partial charge in [0.1, 0.15) is 5.82 Å². The van der Waals surface area contributed by atoms with Crippen LogP contribution in [0.4, 0.5) is 19.0 Å². The number of pyridine rings is 1. The van der Waals surface area contributed by atoms with Crippen molar-refractivity contribution in [1.29, 1.82) is 0 Å². The molecule has 0 unspecified atom stereocenters. The lowest BCUT2D eigenvalue weighted by Gasteiger charge is -2.35. The van der Waals surface area contributed by atoms with Crippen LogP contribution < -0.4 is 4.90 Å². The van der Waals surface area contributed by atoms with Gasteiger partial charge in [-0.25, -0.2) is 4.98 Å². The van der Waals surface area contributed by atoms with Crippen molar-refractivity contribution in [3.63, 3.8) is 0 Å². The van der Waals surface area contributed by atoms with E-state index in [4.69, 9.17) is 0 Å². The second-order valence-electron chi connectivity index (χ2n) is 7.34. The molecule has 0 aliphatic carbocycles. The molecular weight excluding hydrogens is 381 g/mol. The number of amides is 1. The van der Waals surface area contributed by atoms with Gasteiger partial charge < -0.3 is 9.80 Å². The number of nitrogens with zero attached hydrogens (tertiary/aromatic N) is 4. The number of aromatic nitrogens is 1. The number of carbonyl (C=O) groups excluding carboxylic acids is 1. The lowest BCUT2D eigenvalue weighted by molar-refractivity contribution is -0.137. The van der Waals surface area contributed by atoms with Crippen LogP contribution in [0.1, 0.15) is 16.7 Å². The predicted octanol–water partition coefficient (Wildman–Crippen LogP) is 3.19. The number of hydrogen-bond donors (Lipinski definition) is 0. The van der Waals surface area contributed by atoms with E-state index < -0.39 is 11.7 Å². The summed E-state index contributed by atoms with van der Waals surface area (Å²) in [5.41, 5.74) is 1.54. The van der Waals surface area contributed by atoms with Gasteiger partial charge in [0.05, 0.1) is 12.1 Å². The Kier molecular flexibility index (Phi) is 6.42. The lowest BCUT2D eigenvalue weighted by atomic mass is 10.1. The van der Waals surface area contributed by atoms with Crippen molar-refractivity contribution >= 4 is 11.7 Å². The number of hydrogen-bond acceptors (Lipinski definition) is 4. The van der Waals surface area contributed by atoms with Crippen LogP contribution in [0.3, 0.4) is 0 Å². The number of halogens is 3. The average molecular weight is 406 g/mol. The van der Waals surface area contributed by atoms with Gasteiger partial charge in [-0.3, -0.25) is 9.69 Å². The molecule has 0 radical (unpaired) electrons. The minimum Gasteiger partial charge on any atom is -0.354 e. The molecule has 0 atom stereocenters. The summed E-state index contributed by atoms with van der Waals surface area (Å²) in [7, 11) is 1.80. The quantitative estimate of drug-likeness (QED) is 0.765. The Labute approximate surface area is 168 Å². The minimum atomic E-state index is -4.38. The Morgan fingerprint density at radius 3 is 2.38 bits per heavy atom. The average Bonchev–Trinajstić information content (AvgIpc) is 2.69. The number of likely N-dealkylation sites (N-methyl/N-ethyl adjacent to an activating group) is 1. The summed E-state index contributed by atoms with van der Waals surface area (Å²) in [6.07, 6.45) is -3.51. The SMILES string of the molecule is Cc1ccccc1CN(C)C(=O)CN1CCN(c2ccc(C(F)(F)F)cn2)CC1. The molecule has 29 heavy (non-hydrogen) atoms.